The third-order valence-corrected chi connectivity index (χ3v) is 5.40. The number of furan rings is 1. The zero-order valence-corrected chi connectivity index (χ0v) is 15.7. The van der Waals surface area contributed by atoms with Crippen molar-refractivity contribution in [3.63, 3.8) is 0 Å². The molecule has 0 bridgehead atoms. The number of carbonyl (C=O) groups excluding carboxylic acids is 2. The predicted molar refractivity (Wildman–Crippen MR) is 99.4 cm³/mol. The van der Waals surface area contributed by atoms with Gasteiger partial charge in [-0.3, -0.25) is 9.59 Å². The van der Waals surface area contributed by atoms with Gasteiger partial charge in [-0.25, -0.2) is 0 Å². The van der Waals surface area contributed by atoms with Gasteiger partial charge in [-0.1, -0.05) is 32.0 Å². The highest BCUT2D eigenvalue weighted by atomic mass is 32.2. The first-order chi connectivity index (χ1) is 11.9. The minimum absolute atomic E-state index is 0.0752. The number of benzene rings is 1. The van der Waals surface area contributed by atoms with Crippen molar-refractivity contribution in [1.29, 1.82) is 0 Å². The number of Topliss-reactive ketones (excluding diaryl/α,β-unsaturated/α-hetero) is 1. The second-order valence-electron chi connectivity index (χ2n) is 7.21. The largest absolute Gasteiger partial charge is 0.455 e. The molecule has 0 atom stereocenters. The monoisotopic (exact) mass is 357 g/mol. The lowest BCUT2D eigenvalue weighted by molar-refractivity contribution is 0.0890. The summed E-state index contributed by atoms with van der Waals surface area (Å²) in [6.07, 6.45) is 1.18. The van der Waals surface area contributed by atoms with Crippen LogP contribution in [0.2, 0.25) is 0 Å². The number of fused-ring (bicyclic) bond motifs is 1. The van der Waals surface area contributed by atoms with Gasteiger partial charge in [0.25, 0.3) is 5.91 Å². The highest BCUT2D eigenvalue weighted by molar-refractivity contribution is 7.99. The summed E-state index contributed by atoms with van der Waals surface area (Å²) in [5.41, 5.74) is 1.17. The van der Waals surface area contributed by atoms with Crippen LogP contribution in [-0.4, -0.2) is 24.0 Å². The molecule has 0 spiro atoms. The van der Waals surface area contributed by atoms with Crippen LogP contribution in [0.25, 0.3) is 0 Å². The predicted octanol–water partition coefficient (Wildman–Crippen LogP) is 4.27. The number of hydrogen-bond donors (Lipinski definition) is 1. The van der Waals surface area contributed by atoms with E-state index < -0.39 is 0 Å². The van der Waals surface area contributed by atoms with Crippen molar-refractivity contribution in [2.75, 3.05) is 12.3 Å². The molecule has 0 fully saturated rings. The lowest BCUT2D eigenvalue weighted by atomic mass is 9.76. The first-order valence-electron chi connectivity index (χ1n) is 8.49. The van der Waals surface area contributed by atoms with Crippen LogP contribution in [0.5, 0.6) is 0 Å². The molecule has 0 unspecified atom stereocenters. The first-order valence-corrected chi connectivity index (χ1v) is 9.47. The smallest absolute Gasteiger partial charge is 0.287 e. The zero-order valence-electron chi connectivity index (χ0n) is 14.8. The van der Waals surface area contributed by atoms with Crippen molar-refractivity contribution >= 4 is 23.5 Å². The second kappa shape index (κ2) is 7.08. The number of nitrogens with one attached hydrogen (secondary N) is 1. The number of rotatable bonds is 5. The molecular weight excluding hydrogens is 334 g/mol. The fraction of sp³-hybridized carbons (Fsp3) is 0.400. The van der Waals surface area contributed by atoms with Crippen LogP contribution in [0.3, 0.4) is 0 Å². The van der Waals surface area contributed by atoms with Crippen LogP contribution in [0.15, 0.2) is 39.6 Å². The number of amides is 1. The number of thioether (sulfide) groups is 1. The van der Waals surface area contributed by atoms with Gasteiger partial charge < -0.3 is 9.73 Å². The number of hydrogen-bond acceptors (Lipinski definition) is 4. The molecule has 3 rings (SSSR count). The third kappa shape index (κ3) is 3.98. The average Bonchev–Trinajstić information content (AvgIpc) is 2.88. The van der Waals surface area contributed by atoms with Crippen LogP contribution in [0, 0.1) is 12.3 Å². The molecule has 1 aromatic heterocycles. The minimum atomic E-state index is -0.244. The Bertz CT molecular complexity index is 793. The number of carbonyl (C=O) groups is 2. The molecule has 1 aliphatic carbocycles. The molecule has 1 N–H and O–H groups in total. The summed E-state index contributed by atoms with van der Waals surface area (Å²) in [7, 11) is 0. The van der Waals surface area contributed by atoms with E-state index in [2.05, 4.69) is 5.32 Å². The highest BCUT2D eigenvalue weighted by Gasteiger charge is 2.36. The van der Waals surface area contributed by atoms with E-state index in [4.69, 9.17) is 4.42 Å². The van der Waals surface area contributed by atoms with Crippen LogP contribution in [-0.2, 0) is 6.42 Å². The Kier molecular flexibility index (Phi) is 5.04. The minimum Gasteiger partial charge on any atom is -0.455 e. The molecule has 1 aromatic carbocycles. The molecule has 1 heterocycles. The quantitative estimate of drug-likeness (QED) is 0.641. The van der Waals surface area contributed by atoms with Crippen molar-refractivity contribution in [2.45, 2.75) is 38.5 Å². The Balaban J connectivity index is 1.62. The highest BCUT2D eigenvalue weighted by Crippen LogP contribution is 2.38. The van der Waals surface area contributed by atoms with Crippen molar-refractivity contribution in [1.82, 2.24) is 5.32 Å². The molecule has 4 nitrogen and oxygen atoms in total. The molecule has 5 heteroatoms. The van der Waals surface area contributed by atoms with Crippen molar-refractivity contribution in [3.05, 3.63) is 53.0 Å². The second-order valence-corrected chi connectivity index (χ2v) is 8.38. The average molecular weight is 357 g/mol. The fourth-order valence-electron chi connectivity index (χ4n) is 3.23. The van der Waals surface area contributed by atoms with Gasteiger partial charge in [0.2, 0.25) is 0 Å². The molecule has 0 saturated heterocycles. The van der Waals surface area contributed by atoms with E-state index in [1.54, 1.807) is 18.7 Å². The maximum Gasteiger partial charge on any atom is 0.287 e. The maximum absolute atomic E-state index is 12.4. The Morgan fingerprint density at radius 3 is 2.68 bits per heavy atom. The van der Waals surface area contributed by atoms with Crippen molar-refractivity contribution in [3.8, 4) is 0 Å². The van der Waals surface area contributed by atoms with Crippen LogP contribution in [0.1, 0.15) is 52.5 Å². The van der Waals surface area contributed by atoms with Gasteiger partial charge in [-0.2, -0.15) is 0 Å². The molecule has 1 amide bonds. The summed E-state index contributed by atoms with van der Waals surface area (Å²) in [4.78, 5) is 26.0. The van der Waals surface area contributed by atoms with Crippen molar-refractivity contribution in [2.24, 2.45) is 5.41 Å². The van der Waals surface area contributed by atoms with Gasteiger partial charge in [-0.05, 0) is 24.5 Å². The Morgan fingerprint density at radius 1 is 1.24 bits per heavy atom. The van der Waals surface area contributed by atoms with E-state index in [0.29, 0.717) is 36.3 Å². The van der Waals surface area contributed by atoms with Gasteiger partial charge >= 0.3 is 0 Å². The van der Waals surface area contributed by atoms with E-state index in [-0.39, 0.29) is 22.9 Å². The zero-order chi connectivity index (χ0) is 18.0. The molecule has 1 aliphatic rings. The maximum atomic E-state index is 12.4. The summed E-state index contributed by atoms with van der Waals surface area (Å²) < 4.78 is 5.78. The number of ketones is 1. The standard InChI is InChI=1S/C20H23NO3S/c1-13-17-15(22)11-20(2,3)12-16(17)24-18(13)19(23)21-9-10-25-14-7-5-4-6-8-14/h4-8H,9-12H2,1-3H3,(H,21,23). The van der Waals surface area contributed by atoms with Gasteiger partial charge in [0.05, 0.1) is 5.56 Å². The molecule has 25 heavy (non-hydrogen) atoms. The normalized spacial score (nSPS) is 15.7. The lowest BCUT2D eigenvalue weighted by Crippen LogP contribution is -2.26. The molecule has 2 aromatic rings. The van der Waals surface area contributed by atoms with Crippen molar-refractivity contribution < 1.29 is 14.0 Å². The molecular formula is C20H23NO3S. The van der Waals surface area contributed by atoms with Gasteiger partial charge in [0.1, 0.15) is 5.76 Å². The summed E-state index contributed by atoms with van der Waals surface area (Å²) in [5, 5.41) is 2.89. The Morgan fingerprint density at radius 2 is 1.96 bits per heavy atom. The Labute approximate surface area is 152 Å². The lowest BCUT2D eigenvalue weighted by Gasteiger charge is -2.27. The van der Waals surface area contributed by atoms with Crippen LogP contribution < -0.4 is 5.32 Å². The van der Waals surface area contributed by atoms with E-state index in [9.17, 15) is 9.59 Å². The van der Waals surface area contributed by atoms with Gasteiger partial charge in [0.15, 0.2) is 11.5 Å². The van der Waals surface area contributed by atoms with Gasteiger partial charge in [-0.15, -0.1) is 11.8 Å². The van der Waals surface area contributed by atoms with E-state index in [0.717, 1.165) is 5.75 Å². The summed E-state index contributed by atoms with van der Waals surface area (Å²) in [6.45, 7) is 6.44. The summed E-state index contributed by atoms with van der Waals surface area (Å²) in [5.74, 6) is 1.54. The fourth-order valence-corrected chi connectivity index (χ4v) is 4.02. The molecule has 132 valence electrons. The van der Waals surface area contributed by atoms with E-state index in [1.807, 2.05) is 44.2 Å². The first kappa shape index (κ1) is 17.8. The third-order valence-electron chi connectivity index (χ3n) is 4.38. The summed E-state index contributed by atoms with van der Waals surface area (Å²) >= 11 is 1.69. The summed E-state index contributed by atoms with van der Waals surface area (Å²) in [6, 6.07) is 10.1. The van der Waals surface area contributed by atoms with Crippen LogP contribution >= 0.6 is 11.8 Å². The molecule has 0 radical (unpaired) electrons. The molecule has 0 saturated carbocycles. The molecule has 0 aliphatic heterocycles. The van der Waals surface area contributed by atoms with Crippen LogP contribution in [0.4, 0.5) is 0 Å². The van der Waals surface area contributed by atoms with E-state index in [1.165, 1.54) is 4.90 Å². The van der Waals surface area contributed by atoms with Gasteiger partial charge in [0, 0.05) is 35.6 Å². The Hall–Kier alpha value is -2.01. The topological polar surface area (TPSA) is 59.3 Å². The van der Waals surface area contributed by atoms with E-state index >= 15 is 0 Å². The SMILES string of the molecule is Cc1c(C(=O)NCCSc2ccccc2)oc2c1C(=O)CC(C)(C)C2.